The zero-order valence-corrected chi connectivity index (χ0v) is 18.7. The quantitative estimate of drug-likeness (QED) is 0.690. The second-order valence-electron chi connectivity index (χ2n) is 8.63. The summed E-state index contributed by atoms with van der Waals surface area (Å²) >= 11 is 1.88. The highest BCUT2D eigenvalue weighted by atomic mass is 32.2. The van der Waals surface area contributed by atoms with Crippen LogP contribution in [0.25, 0.3) is 11.4 Å². The van der Waals surface area contributed by atoms with E-state index in [0.717, 1.165) is 49.4 Å². The normalized spacial score (nSPS) is 16.1. The van der Waals surface area contributed by atoms with Gasteiger partial charge < -0.3 is 9.84 Å². The smallest absolute Gasteiger partial charge is 0.241 e. The summed E-state index contributed by atoms with van der Waals surface area (Å²) in [7, 11) is 0. The molecule has 7 heteroatoms. The highest BCUT2D eigenvalue weighted by Gasteiger charge is 2.26. The number of nitrogens with one attached hydrogen (secondary N) is 1. The van der Waals surface area contributed by atoms with Crippen molar-refractivity contribution in [3.8, 4) is 11.4 Å². The van der Waals surface area contributed by atoms with Gasteiger partial charge in [0.2, 0.25) is 17.6 Å². The van der Waals surface area contributed by atoms with Crippen molar-refractivity contribution >= 4 is 17.7 Å². The van der Waals surface area contributed by atoms with Gasteiger partial charge in [0.15, 0.2) is 0 Å². The lowest BCUT2D eigenvalue weighted by atomic mass is 9.96. The van der Waals surface area contributed by atoms with E-state index in [1.54, 1.807) is 0 Å². The molecule has 0 radical (unpaired) electrons. The fourth-order valence-corrected chi connectivity index (χ4v) is 4.29. The van der Waals surface area contributed by atoms with Crippen LogP contribution in [-0.4, -0.2) is 51.1 Å². The third-order valence-corrected chi connectivity index (χ3v) is 6.38. The van der Waals surface area contributed by atoms with Crippen LogP contribution in [0.15, 0.2) is 28.8 Å². The molecular formula is C22H32N4O2S. The Labute approximate surface area is 177 Å². The largest absolute Gasteiger partial charge is 0.355 e. The number of likely N-dealkylation sites (tertiary alicyclic amines) is 1. The van der Waals surface area contributed by atoms with Crippen LogP contribution < -0.4 is 5.32 Å². The summed E-state index contributed by atoms with van der Waals surface area (Å²) in [5, 5.41) is 7.23. The number of benzene rings is 1. The van der Waals surface area contributed by atoms with E-state index in [9.17, 15) is 4.79 Å². The van der Waals surface area contributed by atoms with E-state index in [4.69, 9.17) is 4.52 Å². The standard InChI is InChI=1S/C22H32N4O2S/c1-16-7-5-6-8-18(16)20-24-19(28-25-20)15-26-12-9-17(10-13-26)21(27)23-11-14-29-22(2,3)4/h5-8,17H,9-15H2,1-4H3,(H,23,27). The van der Waals surface area contributed by atoms with Crippen molar-refractivity contribution in [2.24, 2.45) is 5.92 Å². The molecule has 1 saturated heterocycles. The SMILES string of the molecule is Cc1ccccc1-c1noc(CN2CCC(C(=O)NCCSC(C)(C)C)CC2)n1. The molecule has 2 heterocycles. The average Bonchev–Trinajstić information content (AvgIpc) is 3.13. The van der Waals surface area contributed by atoms with Gasteiger partial charge in [0.25, 0.3) is 0 Å². The molecule has 158 valence electrons. The highest BCUT2D eigenvalue weighted by molar-refractivity contribution is 8.00. The average molecular weight is 417 g/mol. The van der Waals surface area contributed by atoms with Crippen LogP contribution in [0.2, 0.25) is 0 Å². The molecule has 1 aromatic heterocycles. The van der Waals surface area contributed by atoms with Crippen molar-refractivity contribution in [1.82, 2.24) is 20.4 Å². The van der Waals surface area contributed by atoms with Crippen LogP contribution in [0.1, 0.15) is 45.1 Å². The zero-order chi connectivity index (χ0) is 20.9. The van der Waals surface area contributed by atoms with Gasteiger partial charge in [-0.15, -0.1) is 0 Å². The molecule has 0 unspecified atom stereocenters. The maximum Gasteiger partial charge on any atom is 0.241 e. The molecule has 0 spiro atoms. The van der Waals surface area contributed by atoms with E-state index in [0.29, 0.717) is 18.3 Å². The fourth-order valence-electron chi connectivity index (χ4n) is 3.47. The summed E-state index contributed by atoms with van der Waals surface area (Å²) in [6, 6.07) is 8.04. The van der Waals surface area contributed by atoms with E-state index >= 15 is 0 Å². The van der Waals surface area contributed by atoms with E-state index < -0.39 is 0 Å². The number of hydrogen-bond donors (Lipinski definition) is 1. The van der Waals surface area contributed by atoms with Crippen molar-refractivity contribution in [3.05, 3.63) is 35.7 Å². The van der Waals surface area contributed by atoms with Crippen molar-refractivity contribution < 1.29 is 9.32 Å². The van der Waals surface area contributed by atoms with Crippen molar-refractivity contribution in [3.63, 3.8) is 0 Å². The predicted octanol–water partition coefficient (Wildman–Crippen LogP) is 3.90. The minimum absolute atomic E-state index is 0.108. The van der Waals surface area contributed by atoms with Crippen LogP contribution in [0.3, 0.4) is 0 Å². The second kappa shape index (κ2) is 9.76. The van der Waals surface area contributed by atoms with Crippen LogP contribution in [0, 0.1) is 12.8 Å². The lowest BCUT2D eigenvalue weighted by Gasteiger charge is -2.30. The summed E-state index contributed by atoms with van der Waals surface area (Å²) in [5.41, 5.74) is 2.13. The number of aryl methyl sites for hydroxylation is 1. The molecule has 0 atom stereocenters. The number of hydrogen-bond acceptors (Lipinski definition) is 6. The monoisotopic (exact) mass is 416 g/mol. The topological polar surface area (TPSA) is 71.3 Å². The minimum atomic E-state index is 0.108. The summed E-state index contributed by atoms with van der Waals surface area (Å²) in [5.74, 6) is 2.52. The summed E-state index contributed by atoms with van der Waals surface area (Å²) in [4.78, 5) is 19.2. The third-order valence-electron chi connectivity index (χ3n) is 5.11. The lowest BCUT2D eigenvalue weighted by molar-refractivity contribution is -0.126. The molecule has 2 aromatic rings. The Hall–Kier alpha value is -1.86. The van der Waals surface area contributed by atoms with Gasteiger partial charge in [-0.2, -0.15) is 16.7 Å². The number of carbonyl (C=O) groups excluding carboxylic acids is 1. The van der Waals surface area contributed by atoms with Gasteiger partial charge >= 0.3 is 0 Å². The van der Waals surface area contributed by atoms with Gasteiger partial charge in [0.1, 0.15) is 0 Å². The number of rotatable bonds is 7. The Morgan fingerprint density at radius 2 is 2.00 bits per heavy atom. The van der Waals surface area contributed by atoms with Gasteiger partial charge in [0, 0.05) is 28.5 Å². The van der Waals surface area contributed by atoms with E-state index in [1.165, 1.54) is 0 Å². The van der Waals surface area contributed by atoms with Gasteiger partial charge in [0.05, 0.1) is 6.54 Å². The second-order valence-corrected chi connectivity index (χ2v) is 10.6. The maximum atomic E-state index is 12.4. The molecule has 1 fully saturated rings. The van der Waals surface area contributed by atoms with Gasteiger partial charge in [-0.25, -0.2) is 0 Å². The minimum Gasteiger partial charge on any atom is -0.355 e. The summed E-state index contributed by atoms with van der Waals surface area (Å²) in [6.07, 6.45) is 1.74. The first kappa shape index (κ1) is 21.8. The molecular weight excluding hydrogens is 384 g/mol. The number of carbonyl (C=O) groups is 1. The number of piperidine rings is 1. The van der Waals surface area contributed by atoms with Crippen molar-refractivity contribution in [2.45, 2.75) is 51.8 Å². The Morgan fingerprint density at radius 1 is 1.28 bits per heavy atom. The molecule has 3 rings (SSSR count). The Kier molecular flexibility index (Phi) is 7.35. The van der Waals surface area contributed by atoms with Gasteiger partial charge in [-0.1, -0.05) is 50.2 Å². The first-order valence-corrected chi connectivity index (χ1v) is 11.3. The molecule has 29 heavy (non-hydrogen) atoms. The van der Waals surface area contributed by atoms with E-state index in [2.05, 4.69) is 41.1 Å². The maximum absolute atomic E-state index is 12.4. The predicted molar refractivity (Wildman–Crippen MR) is 118 cm³/mol. The number of amides is 1. The molecule has 1 N–H and O–H groups in total. The Balaban J connectivity index is 1.42. The molecule has 1 aromatic carbocycles. The van der Waals surface area contributed by atoms with Gasteiger partial charge in [-0.3, -0.25) is 9.69 Å². The van der Waals surface area contributed by atoms with Crippen LogP contribution in [0.5, 0.6) is 0 Å². The first-order valence-electron chi connectivity index (χ1n) is 10.3. The van der Waals surface area contributed by atoms with Crippen LogP contribution >= 0.6 is 11.8 Å². The lowest BCUT2D eigenvalue weighted by Crippen LogP contribution is -2.40. The molecule has 6 nitrogen and oxygen atoms in total. The number of thioether (sulfide) groups is 1. The summed E-state index contributed by atoms with van der Waals surface area (Å²) < 4.78 is 5.70. The Morgan fingerprint density at radius 3 is 2.69 bits per heavy atom. The van der Waals surface area contributed by atoms with E-state index in [1.807, 2.05) is 43.0 Å². The zero-order valence-electron chi connectivity index (χ0n) is 17.9. The number of aromatic nitrogens is 2. The fraction of sp³-hybridized carbons (Fsp3) is 0.591. The molecule has 1 aliphatic rings. The molecule has 0 aliphatic carbocycles. The van der Waals surface area contributed by atoms with Crippen molar-refractivity contribution in [2.75, 3.05) is 25.4 Å². The molecule has 0 saturated carbocycles. The Bertz CT molecular complexity index is 807. The third kappa shape index (κ3) is 6.57. The van der Waals surface area contributed by atoms with Crippen LogP contribution in [-0.2, 0) is 11.3 Å². The molecule has 0 bridgehead atoms. The van der Waals surface area contributed by atoms with E-state index in [-0.39, 0.29) is 16.6 Å². The first-order chi connectivity index (χ1) is 13.8. The summed E-state index contributed by atoms with van der Waals surface area (Å²) in [6.45, 7) is 11.8. The van der Waals surface area contributed by atoms with Gasteiger partial charge in [-0.05, 0) is 38.4 Å². The van der Waals surface area contributed by atoms with Crippen LogP contribution in [0.4, 0.5) is 0 Å². The van der Waals surface area contributed by atoms with Crippen molar-refractivity contribution in [1.29, 1.82) is 0 Å². The highest BCUT2D eigenvalue weighted by Crippen LogP contribution is 2.23. The molecule has 1 amide bonds. The number of nitrogens with zero attached hydrogens (tertiary/aromatic N) is 3. The molecule has 1 aliphatic heterocycles.